The molecule has 164 valence electrons. The molecule has 6 nitrogen and oxygen atoms in total. The maximum atomic E-state index is 13.2. The van der Waals surface area contributed by atoms with Crippen LogP contribution in [0.5, 0.6) is 5.75 Å². The zero-order chi connectivity index (χ0) is 22.5. The summed E-state index contributed by atoms with van der Waals surface area (Å²) in [5, 5.41) is 0. The zero-order valence-electron chi connectivity index (χ0n) is 18.4. The van der Waals surface area contributed by atoms with E-state index < -0.39 is 6.04 Å². The summed E-state index contributed by atoms with van der Waals surface area (Å²) < 4.78 is 5.27. The number of benzene rings is 2. The number of hydrogen-bond acceptors (Lipinski definition) is 4. The molecule has 0 radical (unpaired) electrons. The predicted molar refractivity (Wildman–Crippen MR) is 123 cm³/mol. The smallest absolute Gasteiger partial charge is 0.245 e. The van der Waals surface area contributed by atoms with Crippen LogP contribution in [-0.2, 0) is 22.4 Å². The minimum absolute atomic E-state index is 0.0259. The average molecular weight is 430 g/mol. The summed E-state index contributed by atoms with van der Waals surface area (Å²) in [4.78, 5) is 33.9. The third-order valence-electron chi connectivity index (χ3n) is 5.87. The van der Waals surface area contributed by atoms with Crippen molar-refractivity contribution in [3.8, 4) is 16.9 Å². The molecule has 2 heterocycles. The summed E-state index contributed by atoms with van der Waals surface area (Å²) in [7, 11) is 3.40. The quantitative estimate of drug-likeness (QED) is 0.604. The molecule has 0 saturated carbocycles. The van der Waals surface area contributed by atoms with E-state index in [0.717, 1.165) is 22.3 Å². The SMILES string of the molecule is COc1cccc(CC(=O)N2CCN(C)C(=O)C2Cc2cccc(-c3cccnc3)c2)c1. The molecule has 4 rings (SSSR count). The number of piperazine rings is 1. The second-order valence-corrected chi connectivity index (χ2v) is 8.04. The molecular weight excluding hydrogens is 402 g/mol. The fraction of sp³-hybridized carbons (Fsp3) is 0.269. The van der Waals surface area contributed by atoms with Crippen LogP contribution in [-0.4, -0.2) is 59.9 Å². The first-order valence-electron chi connectivity index (χ1n) is 10.7. The normalized spacial score (nSPS) is 16.2. The minimum Gasteiger partial charge on any atom is -0.497 e. The van der Waals surface area contributed by atoms with Crippen molar-refractivity contribution in [1.29, 1.82) is 0 Å². The molecule has 2 amide bonds. The van der Waals surface area contributed by atoms with Crippen molar-refractivity contribution in [3.05, 3.63) is 84.2 Å². The third-order valence-corrected chi connectivity index (χ3v) is 5.87. The highest BCUT2D eigenvalue weighted by Gasteiger charge is 2.35. The Morgan fingerprint density at radius 1 is 1.03 bits per heavy atom. The molecule has 32 heavy (non-hydrogen) atoms. The van der Waals surface area contributed by atoms with Crippen LogP contribution in [0.4, 0.5) is 0 Å². The molecule has 0 bridgehead atoms. The van der Waals surface area contributed by atoms with Crippen LogP contribution in [0.1, 0.15) is 11.1 Å². The molecule has 1 saturated heterocycles. The Balaban J connectivity index is 1.55. The summed E-state index contributed by atoms with van der Waals surface area (Å²) in [6.07, 6.45) is 4.28. The summed E-state index contributed by atoms with van der Waals surface area (Å²) in [5.41, 5.74) is 3.95. The van der Waals surface area contributed by atoms with Gasteiger partial charge in [0.05, 0.1) is 13.5 Å². The fourth-order valence-corrected chi connectivity index (χ4v) is 4.10. The number of methoxy groups -OCH3 is 1. The molecule has 1 aliphatic rings. The van der Waals surface area contributed by atoms with Gasteiger partial charge in [0.2, 0.25) is 11.8 Å². The average Bonchev–Trinajstić information content (AvgIpc) is 2.83. The lowest BCUT2D eigenvalue weighted by Gasteiger charge is -2.39. The molecule has 1 fully saturated rings. The van der Waals surface area contributed by atoms with Crippen molar-refractivity contribution in [2.45, 2.75) is 18.9 Å². The van der Waals surface area contributed by atoms with Crippen molar-refractivity contribution in [1.82, 2.24) is 14.8 Å². The number of hydrogen-bond donors (Lipinski definition) is 0. The van der Waals surface area contributed by atoms with Gasteiger partial charge in [0, 0.05) is 39.0 Å². The number of carbonyl (C=O) groups is 2. The van der Waals surface area contributed by atoms with Crippen molar-refractivity contribution < 1.29 is 14.3 Å². The van der Waals surface area contributed by atoms with Crippen molar-refractivity contribution >= 4 is 11.8 Å². The molecule has 0 aliphatic carbocycles. The molecule has 0 N–H and O–H groups in total. The summed E-state index contributed by atoms with van der Waals surface area (Å²) >= 11 is 0. The van der Waals surface area contributed by atoms with E-state index in [1.165, 1.54) is 0 Å². The van der Waals surface area contributed by atoms with Gasteiger partial charge in [-0.05, 0) is 40.5 Å². The molecule has 1 aliphatic heterocycles. The van der Waals surface area contributed by atoms with Gasteiger partial charge in [0.1, 0.15) is 11.8 Å². The molecule has 3 aromatic rings. The van der Waals surface area contributed by atoms with Gasteiger partial charge in [-0.1, -0.05) is 42.5 Å². The summed E-state index contributed by atoms with van der Waals surface area (Å²) in [5.74, 6) is 0.642. The Kier molecular flexibility index (Phi) is 6.50. The van der Waals surface area contributed by atoms with E-state index in [0.29, 0.717) is 25.3 Å². The van der Waals surface area contributed by atoms with Gasteiger partial charge in [-0.25, -0.2) is 0 Å². The highest BCUT2D eigenvalue weighted by molar-refractivity contribution is 5.90. The third kappa shape index (κ3) is 4.80. The lowest BCUT2D eigenvalue weighted by atomic mass is 9.97. The predicted octanol–water partition coefficient (Wildman–Crippen LogP) is 3.21. The molecular formula is C26H27N3O3. The Bertz CT molecular complexity index is 1100. The highest BCUT2D eigenvalue weighted by Crippen LogP contribution is 2.23. The van der Waals surface area contributed by atoms with Gasteiger partial charge in [0.25, 0.3) is 0 Å². The van der Waals surface area contributed by atoms with Crippen molar-refractivity contribution in [2.24, 2.45) is 0 Å². The Morgan fingerprint density at radius 3 is 2.59 bits per heavy atom. The Labute approximate surface area is 188 Å². The lowest BCUT2D eigenvalue weighted by Crippen LogP contribution is -2.58. The standard InChI is InChI=1S/C26H27N3O3/c1-28-12-13-29(25(30)17-20-7-4-10-23(15-20)32-2)24(26(28)31)16-19-6-3-8-21(14-19)22-9-5-11-27-18-22/h3-11,14-15,18,24H,12-13,16-17H2,1-2H3. The van der Waals surface area contributed by atoms with Crippen LogP contribution >= 0.6 is 0 Å². The summed E-state index contributed by atoms with van der Waals surface area (Å²) in [6, 6.07) is 19.0. The first-order valence-corrected chi connectivity index (χ1v) is 10.7. The number of pyridine rings is 1. The van der Waals surface area contributed by atoms with Crippen LogP contribution < -0.4 is 4.74 Å². The Morgan fingerprint density at radius 2 is 1.81 bits per heavy atom. The van der Waals surface area contributed by atoms with Crippen LogP contribution in [0.15, 0.2) is 73.1 Å². The van der Waals surface area contributed by atoms with Gasteiger partial charge >= 0.3 is 0 Å². The van der Waals surface area contributed by atoms with Crippen LogP contribution in [0.25, 0.3) is 11.1 Å². The van der Waals surface area contributed by atoms with Gasteiger partial charge in [0.15, 0.2) is 0 Å². The first kappa shape index (κ1) is 21.6. The van der Waals surface area contributed by atoms with E-state index in [4.69, 9.17) is 4.74 Å². The van der Waals surface area contributed by atoms with Crippen molar-refractivity contribution in [3.63, 3.8) is 0 Å². The maximum Gasteiger partial charge on any atom is 0.245 e. The van der Waals surface area contributed by atoms with E-state index in [-0.39, 0.29) is 18.2 Å². The molecule has 0 spiro atoms. The minimum atomic E-state index is -0.518. The molecule has 2 aromatic carbocycles. The second kappa shape index (κ2) is 9.64. The first-order chi connectivity index (χ1) is 15.5. The van der Waals surface area contributed by atoms with Crippen molar-refractivity contribution in [2.75, 3.05) is 27.2 Å². The second-order valence-electron chi connectivity index (χ2n) is 8.04. The maximum absolute atomic E-state index is 13.2. The van der Waals surface area contributed by atoms with Crippen LogP contribution in [0, 0.1) is 0 Å². The number of rotatable bonds is 6. The highest BCUT2D eigenvalue weighted by atomic mass is 16.5. The van der Waals surface area contributed by atoms with Gasteiger partial charge in [-0.15, -0.1) is 0 Å². The van der Waals surface area contributed by atoms with Crippen LogP contribution in [0.2, 0.25) is 0 Å². The van der Waals surface area contributed by atoms with Crippen LogP contribution in [0.3, 0.4) is 0 Å². The number of aromatic nitrogens is 1. The van der Waals surface area contributed by atoms with E-state index in [9.17, 15) is 9.59 Å². The van der Waals surface area contributed by atoms with E-state index in [2.05, 4.69) is 11.1 Å². The van der Waals surface area contributed by atoms with E-state index >= 15 is 0 Å². The lowest BCUT2D eigenvalue weighted by molar-refractivity contribution is -0.149. The molecule has 6 heteroatoms. The Hall–Kier alpha value is -3.67. The largest absolute Gasteiger partial charge is 0.497 e. The number of carbonyl (C=O) groups excluding carboxylic acids is 2. The van der Waals surface area contributed by atoms with Gasteiger partial charge < -0.3 is 14.5 Å². The number of amides is 2. The molecule has 1 aromatic heterocycles. The van der Waals surface area contributed by atoms with E-state index in [1.54, 1.807) is 30.2 Å². The van der Waals surface area contributed by atoms with Gasteiger partial charge in [-0.3, -0.25) is 14.6 Å². The molecule has 1 atom stereocenters. The van der Waals surface area contributed by atoms with Gasteiger partial charge in [-0.2, -0.15) is 0 Å². The topological polar surface area (TPSA) is 62.7 Å². The molecule has 1 unspecified atom stereocenters. The summed E-state index contributed by atoms with van der Waals surface area (Å²) in [6.45, 7) is 1.06. The van der Waals surface area contributed by atoms with E-state index in [1.807, 2.05) is 60.8 Å². The zero-order valence-corrected chi connectivity index (χ0v) is 18.4. The number of nitrogens with zero attached hydrogens (tertiary/aromatic N) is 3. The number of ether oxygens (including phenoxy) is 1. The fourth-order valence-electron chi connectivity index (χ4n) is 4.10. The number of likely N-dealkylation sites (N-methyl/N-ethyl adjacent to an activating group) is 1. The monoisotopic (exact) mass is 429 g/mol.